The van der Waals surface area contributed by atoms with E-state index in [9.17, 15) is 4.79 Å². The molecule has 0 saturated heterocycles. The lowest BCUT2D eigenvalue weighted by Crippen LogP contribution is -2.36. The summed E-state index contributed by atoms with van der Waals surface area (Å²) in [4.78, 5) is 11.6. The minimum absolute atomic E-state index is 0.0846. The Morgan fingerprint density at radius 1 is 1.67 bits per heavy atom. The van der Waals surface area contributed by atoms with Crippen LogP contribution in [0.15, 0.2) is 6.20 Å². The molecule has 1 aromatic rings. The molecule has 0 spiro atoms. The summed E-state index contributed by atoms with van der Waals surface area (Å²) in [6.07, 6.45) is 2.07. The highest BCUT2D eigenvalue weighted by Crippen LogP contribution is 2.13. The Morgan fingerprint density at radius 3 is 2.67 bits per heavy atom. The first-order chi connectivity index (χ1) is 6.78. The molecule has 0 unspecified atom stereocenters. The fourth-order valence-electron chi connectivity index (χ4n) is 1.33. The van der Waals surface area contributed by atoms with Gasteiger partial charge >= 0.3 is 0 Å². The average Bonchev–Trinajstić information content (AvgIpc) is 2.25. The summed E-state index contributed by atoms with van der Waals surface area (Å²) in [6.45, 7) is 5.49. The van der Waals surface area contributed by atoms with E-state index in [2.05, 4.69) is 10.4 Å². The largest absolute Gasteiger partial charge is 0.325 e. The summed E-state index contributed by atoms with van der Waals surface area (Å²) in [5.74, 6) is -0.0846. The van der Waals surface area contributed by atoms with Crippen LogP contribution in [0.4, 0.5) is 5.69 Å². The Labute approximate surface area is 89.6 Å². The van der Waals surface area contributed by atoms with Crippen LogP contribution in [0.25, 0.3) is 0 Å². The number of nitrogens with one attached hydrogen (secondary N) is 1. The van der Waals surface area contributed by atoms with Gasteiger partial charge in [-0.15, -0.1) is 0 Å². The first-order valence-corrected chi connectivity index (χ1v) is 4.87. The third-order valence-electron chi connectivity index (χ3n) is 1.90. The van der Waals surface area contributed by atoms with Gasteiger partial charge in [0.05, 0.1) is 11.4 Å². The Balaban J connectivity index is 2.63. The van der Waals surface area contributed by atoms with E-state index in [4.69, 9.17) is 5.73 Å². The lowest BCUT2D eigenvalue weighted by atomic mass is 10.0. The molecule has 0 atom stereocenters. The van der Waals surface area contributed by atoms with E-state index in [0.29, 0.717) is 6.42 Å². The zero-order valence-electron chi connectivity index (χ0n) is 9.66. The first-order valence-electron chi connectivity index (χ1n) is 4.87. The van der Waals surface area contributed by atoms with Gasteiger partial charge in [-0.25, -0.2) is 0 Å². The fourth-order valence-corrected chi connectivity index (χ4v) is 1.33. The van der Waals surface area contributed by atoms with Gasteiger partial charge in [-0.1, -0.05) is 0 Å². The van der Waals surface area contributed by atoms with Crippen molar-refractivity contribution in [1.29, 1.82) is 0 Å². The maximum Gasteiger partial charge on any atom is 0.226 e. The molecule has 0 aliphatic heterocycles. The molecule has 1 aromatic heterocycles. The van der Waals surface area contributed by atoms with Crippen molar-refractivity contribution >= 4 is 11.6 Å². The van der Waals surface area contributed by atoms with Crippen LogP contribution in [0.5, 0.6) is 0 Å². The summed E-state index contributed by atoms with van der Waals surface area (Å²) in [7, 11) is 1.82. The predicted octanol–water partition coefficient (Wildman–Crippen LogP) is 0.794. The van der Waals surface area contributed by atoms with Crippen LogP contribution in [0.3, 0.4) is 0 Å². The van der Waals surface area contributed by atoms with E-state index in [0.717, 1.165) is 11.4 Å². The molecule has 0 aliphatic rings. The van der Waals surface area contributed by atoms with Crippen LogP contribution < -0.4 is 11.1 Å². The second-order valence-electron chi connectivity index (χ2n) is 4.52. The summed E-state index contributed by atoms with van der Waals surface area (Å²) >= 11 is 0. The lowest BCUT2D eigenvalue weighted by Gasteiger charge is -2.17. The molecule has 5 nitrogen and oxygen atoms in total. The summed E-state index contributed by atoms with van der Waals surface area (Å²) in [5.41, 5.74) is 6.81. The molecule has 0 aromatic carbocycles. The number of rotatable bonds is 3. The molecule has 1 heterocycles. The number of amides is 1. The van der Waals surface area contributed by atoms with Crippen LogP contribution in [0.2, 0.25) is 0 Å². The van der Waals surface area contributed by atoms with Gasteiger partial charge in [-0.05, 0) is 20.8 Å². The third-order valence-corrected chi connectivity index (χ3v) is 1.90. The number of aromatic nitrogens is 2. The maximum absolute atomic E-state index is 11.6. The second-order valence-corrected chi connectivity index (χ2v) is 4.52. The molecule has 3 N–H and O–H groups in total. The fraction of sp³-hybridized carbons (Fsp3) is 0.600. The van der Waals surface area contributed by atoms with Crippen molar-refractivity contribution in [1.82, 2.24) is 9.78 Å². The molecule has 0 fully saturated rings. The number of nitrogens with zero attached hydrogens (tertiary/aromatic N) is 2. The van der Waals surface area contributed by atoms with E-state index in [1.54, 1.807) is 10.9 Å². The SMILES string of the molecule is Cc1nn(C)cc1NC(=O)CC(C)(C)N. The average molecular weight is 210 g/mol. The quantitative estimate of drug-likeness (QED) is 0.774. The maximum atomic E-state index is 11.6. The van der Waals surface area contributed by atoms with Gasteiger partial charge in [0.1, 0.15) is 0 Å². The Bertz CT molecular complexity index is 362. The van der Waals surface area contributed by atoms with Gasteiger partial charge in [0, 0.05) is 25.2 Å². The molecule has 1 amide bonds. The van der Waals surface area contributed by atoms with Crippen molar-refractivity contribution < 1.29 is 4.79 Å². The Morgan fingerprint density at radius 2 is 2.27 bits per heavy atom. The van der Waals surface area contributed by atoms with Crippen LogP contribution in [-0.2, 0) is 11.8 Å². The van der Waals surface area contributed by atoms with Gasteiger partial charge in [0.25, 0.3) is 0 Å². The monoisotopic (exact) mass is 210 g/mol. The van der Waals surface area contributed by atoms with Crippen molar-refractivity contribution in [2.75, 3.05) is 5.32 Å². The Kier molecular flexibility index (Phi) is 3.14. The zero-order valence-corrected chi connectivity index (χ0v) is 9.66. The number of anilines is 1. The lowest BCUT2D eigenvalue weighted by molar-refractivity contribution is -0.117. The van der Waals surface area contributed by atoms with E-state index in [1.807, 2.05) is 27.8 Å². The summed E-state index contributed by atoms with van der Waals surface area (Å²) < 4.78 is 1.67. The molecule has 0 radical (unpaired) electrons. The van der Waals surface area contributed by atoms with Crippen LogP contribution in [0, 0.1) is 6.92 Å². The van der Waals surface area contributed by atoms with Crippen molar-refractivity contribution in [3.05, 3.63) is 11.9 Å². The van der Waals surface area contributed by atoms with Crippen molar-refractivity contribution in [3.8, 4) is 0 Å². The molecular weight excluding hydrogens is 192 g/mol. The van der Waals surface area contributed by atoms with Crippen molar-refractivity contribution in [2.24, 2.45) is 12.8 Å². The molecule has 0 bridgehead atoms. The molecule has 5 heteroatoms. The molecular formula is C10H18N4O. The molecule has 84 valence electrons. The van der Waals surface area contributed by atoms with Crippen molar-refractivity contribution in [2.45, 2.75) is 32.7 Å². The van der Waals surface area contributed by atoms with E-state index in [-0.39, 0.29) is 5.91 Å². The Hall–Kier alpha value is -1.36. The summed E-state index contributed by atoms with van der Waals surface area (Å²) in [5, 5.41) is 6.92. The topological polar surface area (TPSA) is 72.9 Å². The van der Waals surface area contributed by atoms with E-state index >= 15 is 0 Å². The minimum Gasteiger partial charge on any atom is -0.325 e. The van der Waals surface area contributed by atoms with E-state index in [1.165, 1.54) is 0 Å². The third kappa shape index (κ3) is 3.71. The van der Waals surface area contributed by atoms with Crippen LogP contribution >= 0.6 is 0 Å². The standard InChI is InChI=1S/C10H18N4O/c1-7-8(6-14(4)13-7)12-9(15)5-10(2,3)11/h6H,5,11H2,1-4H3,(H,12,15). The molecule has 1 rings (SSSR count). The van der Waals surface area contributed by atoms with Gasteiger partial charge in [-0.3, -0.25) is 9.48 Å². The molecule has 0 aliphatic carbocycles. The smallest absolute Gasteiger partial charge is 0.226 e. The van der Waals surface area contributed by atoms with Gasteiger partial charge in [0.2, 0.25) is 5.91 Å². The number of carbonyl (C=O) groups is 1. The number of hydrogen-bond donors (Lipinski definition) is 2. The number of carbonyl (C=O) groups excluding carboxylic acids is 1. The molecule has 15 heavy (non-hydrogen) atoms. The minimum atomic E-state index is -0.486. The van der Waals surface area contributed by atoms with Gasteiger partial charge in [-0.2, -0.15) is 5.10 Å². The second kappa shape index (κ2) is 4.02. The highest BCUT2D eigenvalue weighted by molar-refractivity contribution is 5.91. The number of aryl methyl sites for hydroxylation is 2. The zero-order chi connectivity index (χ0) is 11.6. The highest BCUT2D eigenvalue weighted by atomic mass is 16.1. The van der Waals surface area contributed by atoms with Gasteiger partial charge in [0.15, 0.2) is 0 Å². The van der Waals surface area contributed by atoms with Gasteiger partial charge < -0.3 is 11.1 Å². The van der Waals surface area contributed by atoms with Crippen molar-refractivity contribution in [3.63, 3.8) is 0 Å². The molecule has 0 saturated carbocycles. The predicted molar refractivity (Wildman–Crippen MR) is 59.5 cm³/mol. The number of nitrogens with two attached hydrogens (primary N) is 1. The summed E-state index contributed by atoms with van der Waals surface area (Å²) in [6, 6.07) is 0. The highest BCUT2D eigenvalue weighted by Gasteiger charge is 2.17. The van der Waals surface area contributed by atoms with Crippen LogP contribution in [-0.4, -0.2) is 21.2 Å². The van der Waals surface area contributed by atoms with E-state index < -0.39 is 5.54 Å². The number of hydrogen-bond acceptors (Lipinski definition) is 3. The first kappa shape index (κ1) is 11.7. The van der Waals surface area contributed by atoms with Crippen LogP contribution in [0.1, 0.15) is 26.0 Å². The normalized spacial score (nSPS) is 11.5.